The number of halogens is 3. The van der Waals surface area contributed by atoms with Gasteiger partial charge in [0.05, 0.1) is 10.6 Å². The molecule has 0 radical (unpaired) electrons. The van der Waals surface area contributed by atoms with Crippen molar-refractivity contribution in [3.63, 3.8) is 0 Å². The lowest BCUT2D eigenvalue weighted by Crippen LogP contribution is -2.38. The maximum absolute atomic E-state index is 13.7. The van der Waals surface area contributed by atoms with E-state index in [0.717, 1.165) is 19.4 Å². The fourth-order valence-electron chi connectivity index (χ4n) is 2.11. The van der Waals surface area contributed by atoms with Crippen molar-refractivity contribution in [2.45, 2.75) is 25.5 Å². The van der Waals surface area contributed by atoms with Gasteiger partial charge in [-0.1, -0.05) is 0 Å². The van der Waals surface area contributed by atoms with Crippen LogP contribution in [-0.2, 0) is 6.54 Å². The summed E-state index contributed by atoms with van der Waals surface area (Å²) in [5, 5.41) is 9.51. The zero-order chi connectivity index (χ0) is 12.4. The van der Waals surface area contributed by atoms with Gasteiger partial charge in [-0.3, -0.25) is 4.90 Å². The molecule has 1 aliphatic heterocycles. The summed E-state index contributed by atoms with van der Waals surface area (Å²) < 4.78 is 27.5. The molecule has 0 aromatic heterocycles. The van der Waals surface area contributed by atoms with Gasteiger partial charge in [0.25, 0.3) is 0 Å². The van der Waals surface area contributed by atoms with E-state index in [9.17, 15) is 13.9 Å². The molecule has 0 aliphatic carbocycles. The largest absolute Gasteiger partial charge is 0.392 e. The fraction of sp³-hybridized carbons (Fsp3) is 0.500. The molecule has 5 heteroatoms. The zero-order valence-corrected chi connectivity index (χ0v) is 10.9. The molecule has 2 nitrogen and oxygen atoms in total. The highest BCUT2D eigenvalue weighted by Gasteiger charge is 2.21. The molecule has 1 fully saturated rings. The van der Waals surface area contributed by atoms with E-state index in [2.05, 4.69) is 15.9 Å². The van der Waals surface area contributed by atoms with Crippen molar-refractivity contribution in [3.8, 4) is 0 Å². The highest BCUT2D eigenvalue weighted by Crippen LogP contribution is 2.24. The minimum Gasteiger partial charge on any atom is -0.392 e. The average Bonchev–Trinajstić information content (AvgIpc) is 2.30. The Kier molecular flexibility index (Phi) is 4.12. The van der Waals surface area contributed by atoms with E-state index >= 15 is 0 Å². The minimum atomic E-state index is -0.551. The van der Waals surface area contributed by atoms with Crippen LogP contribution in [0.2, 0.25) is 0 Å². The zero-order valence-electron chi connectivity index (χ0n) is 9.30. The second kappa shape index (κ2) is 5.42. The van der Waals surface area contributed by atoms with E-state index in [-0.39, 0.29) is 22.7 Å². The van der Waals surface area contributed by atoms with Gasteiger partial charge in [-0.25, -0.2) is 8.78 Å². The van der Waals surface area contributed by atoms with Crippen LogP contribution in [0.25, 0.3) is 0 Å². The second-order valence-electron chi connectivity index (χ2n) is 4.35. The fourth-order valence-corrected chi connectivity index (χ4v) is 2.48. The summed E-state index contributed by atoms with van der Waals surface area (Å²) in [5.41, 5.74) is 0.0634. The number of piperidine rings is 1. The molecule has 2 rings (SSSR count). The van der Waals surface area contributed by atoms with Gasteiger partial charge >= 0.3 is 0 Å². The maximum atomic E-state index is 13.7. The molecule has 1 N–H and O–H groups in total. The summed E-state index contributed by atoms with van der Waals surface area (Å²) in [5.74, 6) is -1.09. The van der Waals surface area contributed by atoms with Crippen molar-refractivity contribution in [2.75, 3.05) is 13.1 Å². The number of hydrogen-bond donors (Lipinski definition) is 1. The van der Waals surface area contributed by atoms with Crippen LogP contribution in [0.4, 0.5) is 8.78 Å². The third-order valence-electron chi connectivity index (χ3n) is 3.00. The number of benzene rings is 1. The van der Waals surface area contributed by atoms with Crippen molar-refractivity contribution in [1.82, 2.24) is 4.90 Å². The molecule has 1 atom stereocenters. The van der Waals surface area contributed by atoms with Gasteiger partial charge in [-0.05, 0) is 47.4 Å². The van der Waals surface area contributed by atoms with Gasteiger partial charge in [0.2, 0.25) is 0 Å². The third kappa shape index (κ3) is 3.03. The Morgan fingerprint density at radius 3 is 2.88 bits per heavy atom. The van der Waals surface area contributed by atoms with Gasteiger partial charge < -0.3 is 5.11 Å². The summed E-state index contributed by atoms with van der Waals surface area (Å²) in [6.45, 7) is 1.45. The van der Waals surface area contributed by atoms with Crippen LogP contribution in [0.5, 0.6) is 0 Å². The first kappa shape index (κ1) is 12.9. The molecule has 1 aliphatic rings. The topological polar surface area (TPSA) is 23.5 Å². The molecule has 1 saturated heterocycles. The summed E-state index contributed by atoms with van der Waals surface area (Å²) >= 11 is 3.05. The predicted octanol–water partition coefficient (Wildman–Crippen LogP) is 2.68. The SMILES string of the molecule is O[C@H]1CCCN(Cc2c(F)ccc(Br)c2F)C1. The molecule has 1 heterocycles. The molecule has 94 valence electrons. The van der Waals surface area contributed by atoms with E-state index in [1.807, 2.05) is 4.90 Å². The Labute approximate surface area is 107 Å². The van der Waals surface area contributed by atoms with Crippen LogP contribution in [-0.4, -0.2) is 29.2 Å². The minimum absolute atomic E-state index is 0.0634. The van der Waals surface area contributed by atoms with E-state index in [1.54, 1.807) is 0 Å². The standard InChI is InChI=1S/C12H14BrF2NO/c13-10-3-4-11(14)9(12(10)15)7-16-5-1-2-8(17)6-16/h3-4,8,17H,1-2,5-7H2/t8-/m0/s1. The number of hydrogen-bond acceptors (Lipinski definition) is 2. The third-order valence-corrected chi connectivity index (χ3v) is 3.61. The van der Waals surface area contributed by atoms with Crippen LogP contribution in [0.1, 0.15) is 18.4 Å². The van der Waals surface area contributed by atoms with Crippen molar-refractivity contribution in [2.24, 2.45) is 0 Å². The molecular weight excluding hydrogens is 292 g/mol. The monoisotopic (exact) mass is 305 g/mol. The predicted molar refractivity (Wildman–Crippen MR) is 64.6 cm³/mol. The van der Waals surface area contributed by atoms with Gasteiger partial charge in [-0.2, -0.15) is 0 Å². The number of aliphatic hydroxyl groups is 1. The lowest BCUT2D eigenvalue weighted by atomic mass is 10.1. The Morgan fingerprint density at radius 1 is 1.41 bits per heavy atom. The summed E-state index contributed by atoms with van der Waals surface area (Å²) in [4.78, 5) is 1.88. The number of likely N-dealkylation sites (tertiary alicyclic amines) is 1. The van der Waals surface area contributed by atoms with Gasteiger partial charge in [0.1, 0.15) is 11.6 Å². The van der Waals surface area contributed by atoms with Crippen LogP contribution in [0.15, 0.2) is 16.6 Å². The molecular formula is C12H14BrF2NO. The van der Waals surface area contributed by atoms with E-state index in [1.165, 1.54) is 12.1 Å². The maximum Gasteiger partial charge on any atom is 0.144 e. The van der Waals surface area contributed by atoms with E-state index < -0.39 is 11.6 Å². The lowest BCUT2D eigenvalue weighted by Gasteiger charge is -2.30. The summed E-state index contributed by atoms with van der Waals surface area (Å²) in [6.07, 6.45) is 1.24. The molecule has 1 aromatic rings. The Morgan fingerprint density at radius 2 is 2.18 bits per heavy atom. The van der Waals surface area contributed by atoms with Crippen LogP contribution in [0, 0.1) is 11.6 Å². The lowest BCUT2D eigenvalue weighted by molar-refractivity contribution is 0.0656. The Bertz CT molecular complexity index is 414. The highest BCUT2D eigenvalue weighted by molar-refractivity contribution is 9.10. The van der Waals surface area contributed by atoms with Crippen molar-refractivity contribution >= 4 is 15.9 Å². The second-order valence-corrected chi connectivity index (χ2v) is 5.21. The molecule has 0 bridgehead atoms. The summed E-state index contributed by atoms with van der Waals surface area (Å²) in [6, 6.07) is 2.61. The van der Waals surface area contributed by atoms with Crippen LogP contribution < -0.4 is 0 Å². The Hall–Kier alpha value is -0.520. The quantitative estimate of drug-likeness (QED) is 0.849. The van der Waals surface area contributed by atoms with Crippen LogP contribution in [0.3, 0.4) is 0 Å². The molecule has 1 aromatic carbocycles. The van der Waals surface area contributed by atoms with Crippen LogP contribution >= 0.6 is 15.9 Å². The van der Waals surface area contributed by atoms with Gasteiger partial charge in [0.15, 0.2) is 0 Å². The van der Waals surface area contributed by atoms with Gasteiger partial charge in [-0.15, -0.1) is 0 Å². The number of rotatable bonds is 2. The summed E-state index contributed by atoms with van der Waals surface area (Å²) in [7, 11) is 0. The number of aliphatic hydroxyl groups excluding tert-OH is 1. The highest BCUT2D eigenvalue weighted by atomic mass is 79.9. The normalized spacial score (nSPS) is 21.8. The van der Waals surface area contributed by atoms with Gasteiger partial charge in [0, 0.05) is 18.7 Å². The molecule has 0 amide bonds. The molecule has 17 heavy (non-hydrogen) atoms. The first-order valence-corrected chi connectivity index (χ1v) is 6.40. The Balaban J connectivity index is 2.15. The molecule has 0 saturated carbocycles. The van der Waals surface area contributed by atoms with Crippen molar-refractivity contribution in [3.05, 3.63) is 33.8 Å². The number of nitrogens with zero attached hydrogens (tertiary/aromatic N) is 1. The molecule has 0 spiro atoms. The first-order chi connectivity index (χ1) is 8.08. The number of β-amino-alcohol motifs (C(OH)–C–C–N with tert-alkyl or cyclic N) is 1. The smallest absolute Gasteiger partial charge is 0.144 e. The van der Waals surface area contributed by atoms with E-state index in [0.29, 0.717) is 6.54 Å². The first-order valence-electron chi connectivity index (χ1n) is 5.60. The molecule has 0 unspecified atom stereocenters. The van der Waals surface area contributed by atoms with E-state index in [4.69, 9.17) is 0 Å². The van der Waals surface area contributed by atoms with Crippen molar-refractivity contribution in [1.29, 1.82) is 0 Å². The average molecular weight is 306 g/mol. The van der Waals surface area contributed by atoms with Crippen molar-refractivity contribution < 1.29 is 13.9 Å².